The Hall–Kier alpha value is -3.47. The average molecular weight is 343 g/mol. The Kier molecular flexibility index (Phi) is 4.43. The van der Waals surface area contributed by atoms with Crippen LogP contribution in [-0.4, -0.2) is 20.8 Å². The second kappa shape index (κ2) is 7.19. The number of nitrogens with zero attached hydrogens (tertiary/aromatic N) is 3. The van der Waals surface area contributed by atoms with E-state index in [1.54, 1.807) is 29.8 Å². The standard InChI is InChI=1S/C21H17N3O2/c25-21(19-7-1-9-20-18(19)8-3-11-23-20)24(15-17-6-4-12-26-17)14-16-5-2-10-22-13-16/h1-13H,14-15H2. The third-order valence-electron chi connectivity index (χ3n) is 4.19. The maximum atomic E-state index is 13.3. The Morgan fingerprint density at radius 2 is 1.88 bits per heavy atom. The third-order valence-corrected chi connectivity index (χ3v) is 4.19. The number of hydrogen-bond donors (Lipinski definition) is 0. The van der Waals surface area contributed by atoms with E-state index in [0.717, 1.165) is 22.2 Å². The van der Waals surface area contributed by atoms with E-state index in [2.05, 4.69) is 9.97 Å². The summed E-state index contributed by atoms with van der Waals surface area (Å²) in [5, 5.41) is 0.843. The minimum atomic E-state index is -0.0659. The predicted molar refractivity (Wildman–Crippen MR) is 98.3 cm³/mol. The van der Waals surface area contributed by atoms with Crippen LogP contribution in [-0.2, 0) is 13.1 Å². The molecular weight excluding hydrogens is 326 g/mol. The van der Waals surface area contributed by atoms with Crippen LogP contribution in [0.25, 0.3) is 10.9 Å². The van der Waals surface area contributed by atoms with Crippen LogP contribution in [0.3, 0.4) is 0 Å². The summed E-state index contributed by atoms with van der Waals surface area (Å²) in [6, 6.07) is 16.9. The number of benzene rings is 1. The van der Waals surface area contributed by atoms with E-state index in [0.29, 0.717) is 18.7 Å². The summed E-state index contributed by atoms with van der Waals surface area (Å²) in [4.78, 5) is 23.6. The van der Waals surface area contributed by atoms with Crippen molar-refractivity contribution in [1.82, 2.24) is 14.9 Å². The van der Waals surface area contributed by atoms with E-state index in [1.807, 2.05) is 54.6 Å². The summed E-state index contributed by atoms with van der Waals surface area (Å²) >= 11 is 0. The molecule has 0 saturated carbocycles. The molecule has 4 aromatic rings. The van der Waals surface area contributed by atoms with E-state index < -0.39 is 0 Å². The molecule has 0 aliphatic rings. The van der Waals surface area contributed by atoms with Crippen LogP contribution < -0.4 is 0 Å². The fourth-order valence-electron chi connectivity index (χ4n) is 2.96. The Morgan fingerprint density at radius 3 is 2.69 bits per heavy atom. The predicted octanol–water partition coefficient (Wildman–Crippen LogP) is 4.07. The van der Waals surface area contributed by atoms with Gasteiger partial charge in [-0.3, -0.25) is 14.8 Å². The van der Waals surface area contributed by atoms with Gasteiger partial charge >= 0.3 is 0 Å². The number of hydrogen-bond acceptors (Lipinski definition) is 4. The highest BCUT2D eigenvalue weighted by Gasteiger charge is 2.20. The number of furan rings is 1. The normalized spacial score (nSPS) is 10.8. The largest absolute Gasteiger partial charge is 0.467 e. The van der Waals surface area contributed by atoms with Gasteiger partial charge in [-0.2, -0.15) is 0 Å². The zero-order chi connectivity index (χ0) is 17.8. The fourth-order valence-corrected chi connectivity index (χ4v) is 2.96. The number of pyridine rings is 2. The highest BCUT2D eigenvalue weighted by atomic mass is 16.3. The molecule has 0 spiro atoms. The van der Waals surface area contributed by atoms with Crippen LogP contribution in [0.5, 0.6) is 0 Å². The molecule has 0 saturated heterocycles. The molecule has 3 aromatic heterocycles. The van der Waals surface area contributed by atoms with Crippen LogP contribution in [0.15, 0.2) is 83.9 Å². The molecule has 128 valence electrons. The van der Waals surface area contributed by atoms with Gasteiger partial charge in [-0.05, 0) is 42.0 Å². The van der Waals surface area contributed by atoms with E-state index >= 15 is 0 Å². The van der Waals surface area contributed by atoms with Crippen molar-refractivity contribution in [3.63, 3.8) is 0 Å². The zero-order valence-electron chi connectivity index (χ0n) is 14.1. The average Bonchev–Trinajstić information content (AvgIpc) is 3.20. The summed E-state index contributed by atoms with van der Waals surface area (Å²) in [7, 11) is 0. The molecule has 0 aliphatic heterocycles. The Bertz CT molecular complexity index is 1010. The van der Waals surface area contributed by atoms with Crippen molar-refractivity contribution in [3.8, 4) is 0 Å². The third kappa shape index (κ3) is 3.32. The van der Waals surface area contributed by atoms with Crippen LogP contribution in [0.2, 0.25) is 0 Å². The maximum Gasteiger partial charge on any atom is 0.255 e. The van der Waals surface area contributed by atoms with Crippen molar-refractivity contribution in [2.75, 3.05) is 0 Å². The fraction of sp³-hybridized carbons (Fsp3) is 0.0952. The number of carbonyl (C=O) groups is 1. The first-order valence-electron chi connectivity index (χ1n) is 8.35. The Labute approximate surface area is 150 Å². The van der Waals surface area contributed by atoms with E-state index in [9.17, 15) is 4.79 Å². The number of fused-ring (bicyclic) bond motifs is 1. The van der Waals surface area contributed by atoms with Crippen molar-refractivity contribution in [2.45, 2.75) is 13.1 Å². The molecule has 1 amide bonds. The van der Waals surface area contributed by atoms with Crippen LogP contribution in [0, 0.1) is 0 Å². The molecule has 0 fully saturated rings. The lowest BCUT2D eigenvalue weighted by atomic mass is 10.1. The van der Waals surface area contributed by atoms with Gasteiger partial charge < -0.3 is 9.32 Å². The van der Waals surface area contributed by atoms with E-state index in [4.69, 9.17) is 4.42 Å². The van der Waals surface area contributed by atoms with Crippen molar-refractivity contribution in [3.05, 3.63) is 96.3 Å². The van der Waals surface area contributed by atoms with Gasteiger partial charge in [0.25, 0.3) is 5.91 Å². The van der Waals surface area contributed by atoms with Gasteiger partial charge in [0.05, 0.1) is 18.3 Å². The first-order chi connectivity index (χ1) is 12.8. The number of amides is 1. The lowest BCUT2D eigenvalue weighted by molar-refractivity contribution is 0.0719. The Morgan fingerprint density at radius 1 is 0.962 bits per heavy atom. The highest BCUT2D eigenvalue weighted by molar-refractivity contribution is 6.06. The SMILES string of the molecule is O=C(c1cccc2ncccc12)N(Cc1cccnc1)Cc1ccco1. The smallest absolute Gasteiger partial charge is 0.255 e. The van der Waals surface area contributed by atoms with Gasteiger partial charge in [0, 0.05) is 36.1 Å². The molecule has 0 bridgehead atoms. The van der Waals surface area contributed by atoms with Crippen molar-refractivity contribution < 1.29 is 9.21 Å². The topological polar surface area (TPSA) is 59.2 Å². The highest BCUT2D eigenvalue weighted by Crippen LogP contribution is 2.21. The van der Waals surface area contributed by atoms with E-state index in [-0.39, 0.29) is 5.91 Å². The molecule has 5 heteroatoms. The van der Waals surface area contributed by atoms with Crippen LogP contribution in [0.1, 0.15) is 21.7 Å². The molecule has 5 nitrogen and oxygen atoms in total. The Balaban J connectivity index is 1.71. The lowest BCUT2D eigenvalue weighted by Gasteiger charge is -2.22. The molecule has 4 rings (SSSR count). The van der Waals surface area contributed by atoms with Crippen molar-refractivity contribution in [2.24, 2.45) is 0 Å². The minimum absolute atomic E-state index is 0.0659. The van der Waals surface area contributed by atoms with E-state index in [1.165, 1.54) is 0 Å². The van der Waals surface area contributed by atoms with Crippen molar-refractivity contribution in [1.29, 1.82) is 0 Å². The molecule has 26 heavy (non-hydrogen) atoms. The molecule has 0 unspecified atom stereocenters. The second-order valence-corrected chi connectivity index (χ2v) is 5.98. The summed E-state index contributed by atoms with van der Waals surface area (Å²) in [5.41, 5.74) is 2.40. The summed E-state index contributed by atoms with van der Waals surface area (Å²) in [5.74, 6) is 0.671. The van der Waals surface area contributed by atoms with Gasteiger partial charge in [0.15, 0.2) is 0 Å². The quantitative estimate of drug-likeness (QED) is 0.548. The molecule has 0 N–H and O–H groups in total. The monoisotopic (exact) mass is 343 g/mol. The van der Waals surface area contributed by atoms with Gasteiger partial charge in [-0.25, -0.2) is 0 Å². The molecule has 0 radical (unpaired) electrons. The molecule has 3 heterocycles. The molecule has 1 aromatic carbocycles. The second-order valence-electron chi connectivity index (χ2n) is 5.98. The summed E-state index contributed by atoms with van der Waals surface area (Å²) in [6.45, 7) is 0.835. The lowest BCUT2D eigenvalue weighted by Crippen LogP contribution is -2.30. The first-order valence-corrected chi connectivity index (χ1v) is 8.35. The van der Waals surface area contributed by atoms with Crippen LogP contribution >= 0.6 is 0 Å². The molecular formula is C21H17N3O2. The first kappa shape index (κ1) is 16.0. The van der Waals surface area contributed by atoms with Gasteiger partial charge in [0.2, 0.25) is 0 Å². The maximum absolute atomic E-state index is 13.3. The van der Waals surface area contributed by atoms with Crippen LogP contribution in [0.4, 0.5) is 0 Å². The summed E-state index contributed by atoms with van der Waals surface area (Å²) < 4.78 is 5.45. The molecule has 0 atom stereocenters. The number of carbonyl (C=O) groups excluding carboxylic acids is 1. The van der Waals surface area contributed by atoms with Gasteiger partial charge in [-0.1, -0.05) is 18.2 Å². The van der Waals surface area contributed by atoms with Gasteiger partial charge in [-0.15, -0.1) is 0 Å². The van der Waals surface area contributed by atoms with Crippen molar-refractivity contribution >= 4 is 16.8 Å². The number of aromatic nitrogens is 2. The van der Waals surface area contributed by atoms with Gasteiger partial charge in [0.1, 0.15) is 5.76 Å². The number of rotatable bonds is 5. The molecule has 0 aliphatic carbocycles. The minimum Gasteiger partial charge on any atom is -0.467 e. The summed E-state index contributed by atoms with van der Waals surface area (Å²) in [6.07, 6.45) is 6.84. The zero-order valence-corrected chi connectivity index (χ0v) is 14.1.